The van der Waals surface area contributed by atoms with Crippen LogP contribution in [0.4, 0.5) is 0 Å². The highest BCUT2D eigenvalue weighted by molar-refractivity contribution is 6.12. The Morgan fingerprint density at radius 2 is 2.50 bits per heavy atom. The number of carbonyl (C=O) groups is 1. The number of nitrogens with zero attached hydrogens (tertiary/aromatic N) is 2. The van der Waals surface area contributed by atoms with E-state index in [2.05, 4.69) is 4.99 Å². The third-order valence-corrected chi connectivity index (χ3v) is 1.98. The normalized spacial score (nSPS) is 20.8. The first-order valence-corrected chi connectivity index (χ1v) is 3.77. The largest absolute Gasteiger partial charge is 0.353 e. The number of hydrogen-bond acceptors (Lipinski definition) is 3. The average Bonchev–Trinajstić information content (AvgIpc) is 2.48. The van der Waals surface area contributed by atoms with E-state index in [1.807, 2.05) is 11.0 Å². The Labute approximate surface area is 70.1 Å². The maximum atomic E-state index is 11.1. The van der Waals surface area contributed by atoms with Crippen molar-refractivity contribution < 1.29 is 4.79 Å². The molecule has 0 unspecified atom stereocenters. The molecule has 2 N–H and O–H groups in total. The van der Waals surface area contributed by atoms with Crippen LogP contribution in [0.2, 0.25) is 0 Å². The van der Waals surface area contributed by atoms with E-state index in [9.17, 15) is 4.79 Å². The number of rotatable bonds is 1. The number of allylic oxidation sites excluding steroid dienone is 1. The maximum absolute atomic E-state index is 11.1. The van der Waals surface area contributed by atoms with Crippen LogP contribution in [0, 0.1) is 0 Å². The highest BCUT2D eigenvalue weighted by atomic mass is 16.1. The zero-order valence-electron chi connectivity index (χ0n) is 6.53. The minimum absolute atomic E-state index is 0.167. The Balaban J connectivity index is 2.39. The first-order chi connectivity index (χ1) is 5.83. The highest BCUT2D eigenvalue weighted by Crippen LogP contribution is 2.19. The van der Waals surface area contributed by atoms with E-state index in [1.54, 1.807) is 12.3 Å². The molecule has 2 rings (SSSR count). The van der Waals surface area contributed by atoms with Crippen molar-refractivity contribution in [3.05, 3.63) is 23.4 Å². The van der Waals surface area contributed by atoms with Gasteiger partial charge in [-0.25, -0.2) is 4.99 Å². The molecule has 62 valence electrons. The molecular formula is C8H9N3O. The van der Waals surface area contributed by atoms with Crippen LogP contribution in [0.25, 0.3) is 0 Å². The maximum Gasteiger partial charge on any atom is 0.279 e. The molecule has 2 aliphatic heterocycles. The topological polar surface area (TPSA) is 58.7 Å². The molecular weight excluding hydrogens is 154 g/mol. The van der Waals surface area contributed by atoms with Crippen molar-refractivity contribution in [3.8, 4) is 0 Å². The summed E-state index contributed by atoms with van der Waals surface area (Å²) in [6.07, 6.45) is 5.29. The van der Waals surface area contributed by atoms with Gasteiger partial charge in [-0.15, -0.1) is 0 Å². The molecule has 2 aliphatic rings. The number of aliphatic imine (C=N–C) groups is 1. The summed E-state index contributed by atoms with van der Waals surface area (Å²) in [7, 11) is 0. The molecule has 0 atom stereocenters. The number of nitrogens with two attached hydrogens (primary N) is 1. The van der Waals surface area contributed by atoms with Crippen LogP contribution in [-0.4, -0.2) is 30.2 Å². The Morgan fingerprint density at radius 3 is 3.25 bits per heavy atom. The molecule has 2 heterocycles. The minimum atomic E-state index is -0.167. The van der Waals surface area contributed by atoms with E-state index < -0.39 is 0 Å². The van der Waals surface area contributed by atoms with Crippen molar-refractivity contribution in [2.45, 2.75) is 0 Å². The molecule has 0 bridgehead atoms. The van der Waals surface area contributed by atoms with E-state index in [1.165, 1.54) is 0 Å². The van der Waals surface area contributed by atoms with E-state index in [4.69, 9.17) is 5.73 Å². The Kier molecular flexibility index (Phi) is 1.55. The van der Waals surface area contributed by atoms with Gasteiger partial charge in [0.15, 0.2) is 0 Å². The highest BCUT2D eigenvalue weighted by Gasteiger charge is 2.22. The predicted molar refractivity (Wildman–Crippen MR) is 45.4 cm³/mol. The fourth-order valence-electron chi connectivity index (χ4n) is 1.35. The SMILES string of the molecule is NCN1CC=CC2=C1C=NC2=O. The smallest absolute Gasteiger partial charge is 0.279 e. The van der Waals surface area contributed by atoms with Crippen LogP contribution >= 0.6 is 0 Å². The van der Waals surface area contributed by atoms with Crippen molar-refractivity contribution in [2.75, 3.05) is 13.2 Å². The Hall–Kier alpha value is -1.42. The van der Waals surface area contributed by atoms with E-state index >= 15 is 0 Å². The molecule has 0 aromatic heterocycles. The standard InChI is InChI=1S/C8H9N3O/c9-5-11-3-1-2-6-7(11)4-10-8(6)12/h1-2,4H,3,5,9H2. The van der Waals surface area contributed by atoms with Gasteiger partial charge in [0.05, 0.1) is 24.2 Å². The summed E-state index contributed by atoms with van der Waals surface area (Å²) in [6, 6.07) is 0. The van der Waals surface area contributed by atoms with Gasteiger partial charge >= 0.3 is 0 Å². The molecule has 0 aromatic carbocycles. The zero-order chi connectivity index (χ0) is 8.55. The third-order valence-electron chi connectivity index (χ3n) is 1.98. The lowest BCUT2D eigenvalue weighted by Crippen LogP contribution is -2.32. The first kappa shape index (κ1) is 7.24. The Morgan fingerprint density at radius 1 is 1.67 bits per heavy atom. The number of carbonyl (C=O) groups excluding carboxylic acids is 1. The lowest BCUT2D eigenvalue weighted by atomic mass is 10.1. The molecule has 0 fully saturated rings. The van der Waals surface area contributed by atoms with Gasteiger partial charge in [0.25, 0.3) is 5.91 Å². The molecule has 1 amide bonds. The fourth-order valence-corrected chi connectivity index (χ4v) is 1.35. The van der Waals surface area contributed by atoms with Crippen LogP contribution in [0.1, 0.15) is 0 Å². The number of hydrogen-bond donors (Lipinski definition) is 1. The van der Waals surface area contributed by atoms with Gasteiger partial charge in [0, 0.05) is 6.54 Å². The van der Waals surface area contributed by atoms with Crippen molar-refractivity contribution >= 4 is 12.1 Å². The van der Waals surface area contributed by atoms with Gasteiger partial charge in [0.2, 0.25) is 0 Å². The summed E-state index contributed by atoms with van der Waals surface area (Å²) in [6.45, 7) is 1.18. The van der Waals surface area contributed by atoms with Crippen LogP contribution in [0.3, 0.4) is 0 Å². The monoisotopic (exact) mass is 163 g/mol. The first-order valence-electron chi connectivity index (χ1n) is 3.77. The Bertz CT molecular complexity index is 314. The molecule has 12 heavy (non-hydrogen) atoms. The van der Waals surface area contributed by atoms with Gasteiger partial charge in [-0.3, -0.25) is 4.79 Å². The van der Waals surface area contributed by atoms with Gasteiger partial charge in [-0.1, -0.05) is 6.08 Å². The minimum Gasteiger partial charge on any atom is -0.353 e. The summed E-state index contributed by atoms with van der Waals surface area (Å²) in [5.74, 6) is -0.167. The second-order valence-electron chi connectivity index (χ2n) is 2.67. The number of amides is 1. The summed E-state index contributed by atoms with van der Waals surface area (Å²) < 4.78 is 0. The fraction of sp³-hybridized carbons (Fsp3) is 0.250. The molecule has 0 aliphatic carbocycles. The molecule has 0 aromatic rings. The van der Waals surface area contributed by atoms with Crippen LogP contribution in [0.15, 0.2) is 28.4 Å². The summed E-state index contributed by atoms with van der Waals surface area (Å²) in [5, 5.41) is 0. The van der Waals surface area contributed by atoms with Gasteiger partial charge in [0.1, 0.15) is 0 Å². The second-order valence-corrected chi connectivity index (χ2v) is 2.67. The van der Waals surface area contributed by atoms with Crippen molar-refractivity contribution in [2.24, 2.45) is 10.7 Å². The van der Waals surface area contributed by atoms with Crippen LogP contribution in [-0.2, 0) is 4.79 Å². The van der Waals surface area contributed by atoms with E-state index in [0.717, 1.165) is 12.2 Å². The van der Waals surface area contributed by atoms with Crippen molar-refractivity contribution in [1.82, 2.24) is 4.90 Å². The zero-order valence-corrected chi connectivity index (χ0v) is 6.53. The lowest BCUT2D eigenvalue weighted by molar-refractivity contribution is -0.113. The molecule has 0 saturated carbocycles. The van der Waals surface area contributed by atoms with Crippen molar-refractivity contribution in [1.29, 1.82) is 0 Å². The molecule has 4 heteroatoms. The summed E-state index contributed by atoms with van der Waals surface area (Å²) in [4.78, 5) is 16.7. The predicted octanol–water partition coefficient (Wildman–Crippen LogP) is -0.361. The van der Waals surface area contributed by atoms with E-state index in [0.29, 0.717) is 12.2 Å². The van der Waals surface area contributed by atoms with Crippen molar-refractivity contribution in [3.63, 3.8) is 0 Å². The van der Waals surface area contributed by atoms with Gasteiger partial charge < -0.3 is 10.6 Å². The lowest BCUT2D eigenvalue weighted by Gasteiger charge is -2.23. The molecule has 4 nitrogen and oxygen atoms in total. The van der Waals surface area contributed by atoms with E-state index in [-0.39, 0.29) is 5.91 Å². The second kappa shape index (κ2) is 2.57. The van der Waals surface area contributed by atoms with Crippen LogP contribution < -0.4 is 5.73 Å². The molecule has 0 radical (unpaired) electrons. The average molecular weight is 163 g/mol. The third kappa shape index (κ3) is 0.887. The summed E-state index contributed by atoms with van der Waals surface area (Å²) in [5.41, 5.74) is 7.00. The van der Waals surface area contributed by atoms with Gasteiger partial charge in [-0.05, 0) is 6.08 Å². The van der Waals surface area contributed by atoms with Gasteiger partial charge in [-0.2, -0.15) is 0 Å². The summed E-state index contributed by atoms with van der Waals surface area (Å²) >= 11 is 0. The quantitative estimate of drug-likeness (QED) is 0.574. The molecule has 0 saturated heterocycles. The van der Waals surface area contributed by atoms with Crippen LogP contribution in [0.5, 0.6) is 0 Å². The molecule has 0 spiro atoms.